The lowest BCUT2D eigenvalue weighted by atomic mass is 10.1. The molecule has 1 spiro atoms. The third-order valence-corrected chi connectivity index (χ3v) is 6.57. The lowest BCUT2D eigenvalue weighted by Crippen LogP contribution is -2.26. The summed E-state index contributed by atoms with van der Waals surface area (Å²) in [6.07, 6.45) is 4.67. The Labute approximate surface area is 166 Å². The molecule has 2 unspecified atom stereocenters. The maximum atomic E-state index is 15.7. The van der Waals surface area contributed by atoms with Crippen molar-refractivity contribution in [1.82, 2.24) is 4.57 Å². The van der Waals surface area contributed by atoms with Gasteiger partial charge in [0.05, 0.1) is 17.5 Å². The van der Waals surface area contributed by atoms with Crippen LogP contribution in [0.1, 0.15) is 49.0 Å². The normalized spacial score (nSPS) is 25.8. The number of pyridine rings is 1. The van der Waals surface area contributed by atoms with Crippen LogP contribution in [-0.4, -0.2) is 36.3 Å². The van der Waals surface area contributed by atoms with Crippen molar-refractivity contribution in [3.05, 3.63) is 39.7 Å². The topological polar surface area (TPSA) is 77.6 Å². The zero-order valence-corrected chi connectivity index (χ0v) is 16.2. The Hall–Kier alpha value is -2.48. The molecular formula is C21H23F2N3O3. The summed E-state index contributed by atoms with van der Waals surface area (Å²) >= 11 is 0. The molecule has 2 N–H and O–H groups in total. The van der Waals surface area contributed by atoms with Crippen LogP contribution in [0.3, 0.4) is 0 Å². The molecule has 1 saturated heterocycles. The van der Waals surface area contributed by atoms with E-state index in [0.29, 0.717) is 13.1 Å². The SMILES string of the molecule is CCOC(=O)c1cn(C2CC2)c2c(F)c(N3CCC4(CC4N)C3)c(F)cc2c1=O. The number of ether oxygens (including phenoxy) is 1. The van der Waals surface area contributed by atoms with Gasteiger partial charge in [-0.2, -0.15) is 0 Å². The number of aromatic nitrogens is 1. The van der Waals surface area contributed by atoms with Gasteiger partial charge in [0, 0.05) is 36.8 Å². The number of esters is 1. The van der Waals surface area contributed by atoms with Gasteiger partial charge < -0.3 is 19.9 Å². The highest BCUT2D eigenvalue weighted by molar-refractivity contribution is 5.95. The summed E-state index contributed by atoms with van der Waals surface area (Å²) in [7, 11) is 0. The summed E-state index contributed by atoms with van der Waals surface area (Å²) in [4.78, 5) is 26.8. The van der Waals surface area contributed by atoms with Crippen molar-refractivity contribution >= 4 is 22.6 Å². The largest absolute Gasteiger partial charge is 0.462 e. The number of nitrogens with zero attached hydrogens (tertiary/aromatic N) is 2. The van der Waals surface area contributed by atoms with Gasteiger partial charge >= 0.3 is 5.97 Å². The van der Waals surface area contributed by atoms with Crippen molar-refractivity contribution in [2.24, 2.45) is 11.1 Å². The van der Waals surface area contributed by atoms with Crippen LogP contribution in [0, 0.1) is 17.0 Å². The third-order valence-electron chi connectivity index (χ3n) is 6.57. The van der Waals surface area contributed by atoms with Crippen molar-refractivity contribution in [1.29, 1.82) is 0 Å². The molecule has 2 aromatic rings. The molecule has 0 amide bonds. The fraction of sp³-hybridized carbons (Fsp3) is 0.524. The van der Waals surface area contributed by atoms with E-state index < -0.39 is 23.0 Å². The molecule has 2 aliphatic carbocycles. The molecule has 0 radical (unpaired) electrons. The van der Waals surface area contributed by atoms with Crippen molar-refractivity contribution < 1.29 is 18.3 Å². The van der Waals surface area contributed by atoms with E-state index in [1.807, 2.05) is 0 Å². The predicted molar refractivity (Wildman–Crippen MR) is 104 cm³/mol. The minimum Gasteiger partial charge on any atom is -0.462 e. The molecule has 8 heteroatoms. The van der Waals surface area contributed by atoms with E-state index >= 15 is 8.78 Å². The molecule has 154 valence electrons. The van der Waals surface area contributed by atoms with E-state index in [1.54, 1.807) is 16.4 Å². The number of benzene rings is 1. The number of carbonyl (C=O) groups excluding carboxylic acids is 1. The summed E-state index contributed by atoms with van der Waals surface area (Å²) in [6, 6.07) is 1.13. The van der Waals surface area contributed by atoms with E-state index in [1.165, 1.54) is 6.20 Å². The number of hydrogen-bond donors (Lipinski definition) is 1. The standard InChI is InChI=1S/C21H23F2N3O3/c1-2-29-20(28)13-9-26(11-3-4-11)17-12(19(13)27)7-14(22)18(16(17)23)25-6-5-21(10-25)8-15(21)24/h7,9,11,15H,2-6,8,10,24H2,1H3. The summed E-state index contributed by atoms with van der Waals surface area (Å²) < 4.78 is 37.3. The van der Waals surface area contributed by atoms with E-state index in [-0.39, 0.29) is 46.3 Å². The number of rotatable bonds is 4. The zero-order valence-electron chi connectivity index (χ0n) is 16.2. The van der Waals surface area contributed by atoms with Crippen molar-refractivity contribution in [2.45, 2.75) is 44.7 Å². The number of fused-ring (bicyclic) bond motifs is 1. The average molecular weight is 403 g/mol. The number of hydrogen-bond acceptors (Lipinski definition) is 5. The Morgan fingerprint density at radius 2 is 2.10 bits per heavy atom. The molecular weight excluding hydrogens is 380 g/mol. The molecule has 1 aliphatic heterocycles. The van der Waals surface area contributed by atoms with E-state index in [4.69, 9.17) is 10.5 Å². The number of halogens is 2. The van der Waals surface area contributed by atoms with Crippen molar-refractivity contribution in [2.75, 3.05) is 24.6 Å². The quantitative estimate of drug-likeness (QED) is 0.795. The molecule has 2 atom stereocenters. The summed E-state index contributed by atoms with van der Waals surface area (Å²) in [5.41, 5.74) is 5.04. The Morgan fingerprint density at radius 1 is 1.38 bits per heavy atom. The van der Waals surface area contributed by atoms with Gasteiger partial charge in [-0.25, -0.2) is 13.6 Å². The lowest BCUT2D eigenvalue weighted by molar-refractivity contribution is 0.0524. The van der Waals surface area contributed by atoms with Gasteiger partial charge in [0.2, 0.25) is 5.43 Å². The highest BCUT2D eigenvalue weighted by atomic mass is 19.1. The Bertz CT molecular complexity index is 1090. The maximum absolute atomic E-state index is 15.7. The third kappa shape index (κ3) is 2.76. The van der Waals surface area contributed by atoms with Gasteiger partial charge in [-0.1, -0.05) is 0 Å². The lowest BCUT2D eigenvalue weighted by Gasteiger charge is -2.22. The Kier molecular flexibility index (Phi) is 4.00. The monoisotopic (exact) mass is 403 g/mol. The van der Waals surface area contributed by atoms with Gasteiger partial charge in [0.1, 0.15) is 17.1 Å². The minimum absolute atomic E-state index is 0.0131. The summed E-state index contributed by atoms with van der Waals surface area (Å²) in [6.45, 7) is 2.79. The molecule has 3 aliphatic rings. The zero-order chi connectivity index (χ0) is 20.5. The molecule has 0 bridgehead atoms. The predicted octanol–water partition coefficient (Wildman–Crippen LogP) is 2.72. The van der Waals surface area contributed by atoms with E-state index in [2.05, 4.69) is 0 Å². The molecule has 1 aromatic carbocycles. The van der Waals surface area contributed by atoms with Gasteiger partial charge in [-0.05, 0) is 38.7 Å². The van der Waals surface area contributed by atoms with Gasteiger partial charge in [0.15, 0.2) is 5.82 Å². The first-order chi connectivity index (χ1) is 13.9. The molecule has 3 fully saturated rings. The molecule has 6 nitrogen and oxygen atoms in total. The van der Waals surface area contributed by atoms with Crippen molar-refractivity contribution in [3.63, 3.8) is 0 Å². The Balaban J connectivity index is 1.69. The van der Waals surface area contributed by atoms with Crippen LogP contribution in [0.15, 0.2) is 17.1 Å². The Morgan fingerprint density at radius 3 is 2.69 bits per heavy atom. The van der Waals surface area contributed by atoms with Crippen LogP contribution in [0.25, 0.3) is 10.9 Å². The summed E-state index contributed by atoms with van der Waals surface area (Å²) in [5.74, 6) is -2.31. The van der Waals surface area contributed by atoms with Crippen LogP contribution in [0.5, 0.6) is 0 Å². The molecule has 2 heterocycles. The second-order valence-corrected chi connectivity index (χ2v) is 8.49. The first kappa shape index (κ1) is 18.5. The van der Waals surface area contributed by atoms with Crippen LogP contribution in [0.2, 0.25) is 0 Å². The summed E-state index contributed by atoms with van der Waals surface area (Å²) in [5, 5.41) is -0.127. The van der Waals surface area contributed by atoms with Crippen LogP contribution < -0.4 is 16.1 Å². The van der Waals surface area contributed by atoms with Gasteiger partial charge in [-0.3, -0.25) is 4.79 Å². The smallest absolute Gasteiger partial charge is 0.343 e. The fourth-order valence-corrected chi connectivity index (χ4v) is 4.65. The average Bonchev–Trinajstić information content (AvgIpc) is 3.57. The molecule has 5 rings (SSSR count). The van der Waals surface area contributed by atoms with Gasteiger partial charge in [-0.15, -0.1) is 0 Å². The van der Waals surface area contributed by atoms with Crippen LogP contribution in [-0.2, 0) is 4.74 Å². The first-order valence-electron chi connectivity index (χ1n) is 10.1. The van der Waals surface area contributed by atoms with Gasteiger partial charge in [0.25, 0.3) is 0 Å². The number of carbonyl (C=O) groups is 1. The van der Waals surface area contributed by atoms with E-state index in [9.17, 15) is 9.59 Å². The fourth-order valence-electron chi connectivity index (χ4n) is 4.65. The second kappa shape index (κ2) is 6.26. The molecule has 2 saturated carbocycles. The minimum atomic E-state index is -0.790. The van der Waals surface area contributed by atoms with Crippen LogP contribution >= 0.6 is 0 Å². The van der Waals surface area contributed by atoms with Crippen molar-refractivity contribution in [3.8, 4) is 0 Å². The highest BCUT2D eigenvalue weighted by Crippen LogP contribution is 2.53. The number of anilines is 1. The second-order valence-electron chi connectivity index (χ2n) is 8.49. The first-order valence-corrected chi connectivity index (χ1v) is 10.1. The maximum Gasteiger partial charge on any atom is 0.343 e. The van der Waals surface area contributed by atoms with Crippen LogP contribution in [0.4, 0.5) is 14.5 Å². The highest BCUT2D eigenvalue weighted by Gasteiger charge is 2.56. The van der Waals surface area contributed by atoms with E-state index in [0.717, 1.165) is 31.7 Å². The molecule has 1 aromatic heterocycles. The number of nitrogens with two attached hydrogens (primary N) is 1. The molecule has 29 heavy (non-hydrogen) atoms.